The van der Waals surface area contributed by atoms with E-state index < -0.39 is 0 Å². The molecule has 1 N–H and O–H groups in total. The van der Waals surface area contributed by atoms with E-state index >= 15 is 0 Å². The fraction of sp³-hybridized carbons (Fsp3) is 0.600. The molecule has 1 aliphatic heterocycles. The average Bonchev–Trinajstić information content (AvgIpc) is 3.33. The lowest BCUT2D eigenvalue weighted by atomic mass is 10.1. The lowest BCUT2D eigenvalue weighted by molar-refractivity contribution is 0.174. The van der Waals surface area contributed by atoms with E-state index in [1.54, 1.807) is 6.33 Å². The molecule has 0 radical (unpaired) electrons. The van der Waals surface area contributed by atoms with Crippen LogP contribution in [0.3, 0.4) is 0 Å². The molecule has 1 unspecified atom stereocenters. The van der Waals surface area contributed by atoms with Crippen molar-refractivity contribution in [2.75, 3.05) is 18.4 Å². The van der Waals surface area contributed by atoms with E-state index in [4.69, 9.17) is 4.98 Å². The lowest BCUT2D eigenvalue weighted by Crippen LogP contribution is -2.40. The van der Waals surface area contributed by atoms with Gasteiger partial charge in [0, 0.05) is 44.0 Å². The van der Waals surface area contributed by atoms with Crippen LogP contribution in [0.1, 0.15) is 39.8 Å². The van der Waals surface area contributed by atoms with Gasteiger partial charge in [0.05, 0.1) is 11.8 Å². The molecule has 0 amide bonds. The molecule has 3 aromatic heterocycles. The highest BCUT2D eigenvalue weighted by Crippen LogP contribution is 2.29. The summed E-state index contributed by atoms with van der Waals surface area (Å²) >= 11 is 0. The first-order chi connectivity index (χ1) is 13.3. The van der Waals surface area contributed by atoms with Crippen molar-refractivity contribution < 1.29 is 0 Å². The smallest absolute Gasteiger partial charge is 0.165 e. The fourth-order valence-electron chi connectivity index (χ4n) is 4.01. The quantitative estimate of drug-likeness (QED) is 0.748. The number of aromatic nitrogens is 6. The van der Waals surface area contributed by atoms with Crippen molar-refractivity contribution in [1.29, 1.82) is 0 Å². The van der Waals surface area contributed by atoms with Gasteiger partial charge in [-0.3, -0.25) is 9.58 Å². The minimum absolute atomic E-state index is 0.187. The second kappa shape index (κ2) is 6.84. The van der Waals surface area contributed by atoms with E-state index in [0.29, 0.717) is 6.04 Å². The third-order valence-electron chi connectivity index (χ3n) is 5.78. The van der Waals surface area contributed by atoms with Crippen molar-refractivity contribution in [1.82, 2.24) is 34.2 Å². The van der Waals surface area contributed by atoms with Gasteiger partial charge in [0.25, 0.3) is 0 Å². The first kappa shape index (κ1) is 18.9. The molecule has 8 heteroatoms. The normalized spacial score (nSPS) is 18.3. The van der Waals surface area contributed by atoms with Gasteiger partial charge in [-0.2, -0.15) is 5.10 Å². The summed E-state index contributed by atoms with van der Waals surface area (Å²) in [7, 11) is 2.00. The van der Waals surface area contributed by atoms with Gasteiger partial charge in [-0.25, -0.2) is 15.0 Å². The molecular formula is C20H30N8. The maximum atomic E-state index is 4.91. The SMILES string of the molecule is CCn1ncc(-c2nc3c(NC4CCN(C(C)(C)C)C4)ncnc3n2C)c1C. The Kier molecular flexibility index (Phi) is 4.61. The Morgan fingerprint density at radius 2 is 2.04 bits per heavy atom. The van der Waals surface area contributed by atoms with Crippen molar-refractivity contribution >= 4 is 17.0 Å². The maximum absolute atomic E-state index is 4.91. The molecule has 4 heterocycles. The summed E-state index contributed by atoms with van der Waals surface area (Å²) in [6, 6.07) is 0.368. The Balaban J connectivity index is 1.67. The molecule has 28 heavy (non-hydrogen) atoms. The molecular weight excluding hydrogens is 352 g/mol. The highest BCUT2D eigenvalue weighted by atomic mass is 15.3. The van der Waals surface area contributed by atoms with E-state index in [0.717, 1.165) is 60.1 Å². The van der Waals surface area contributed by atoms with Crippen molar-refractivity contribution in [3.05, 3.63) is 18.2 Å². The topological polar surface area (TPSA) is 76.7 Å². The van der Waals surface area contributed by atoms with E-state index in [-0.39, 0.29) is 5.54 Å². The van der Waals surface area contributed by atoms with Crippen LogP contribution in [-0.2, 0) is 13.6 Å². The first-order valence-electron chi connectivity index (χ1n) is 10.0. The number of nitrogens with one attached hydrogen (secondary N) is 1. The highest BCUT2D eigenvalue weighted by Gasteiger charge is 2.31. The zero-order chi connectivity index (χ0) is 20.1. The number of likely N-dealkylation sites (tertiary alicyclic amines) is 1. The zero-order valence-corrected chi connectivity index (χ0v) is 17.7. The van der Waals surface area contributed by atoms with Crippen LogP contribution >= 0.6 is 0 Å². The van der Waals surface area contributed by atoms with Gasteiger partial charge in [-0.05, 0) is 41.0 Å². The monoisotopic (exact) mass is 382 g/mol. The van der Waals surface area contributed by atoms with Crippen LogP contribution in [0.4, 0.5) is 5.82 Å². The summed E-state index contributed by atoms with van der Waals surface area (Å²) in [6.45, 7) is 13.9. The average molecular weight is 383 g/mol. The second-order valence-corrected chi connectivity index (χ2v) is 8.60. The Morgan fingerprint density at radius 3 is 2.68 bits per heavy atom. The summed E-state index contributed by atoms with van der Waals surface area (Å²) < 4.78 is 4.02. The molecule has 1 atom stereocenters. The van der Waals surface area contributed by atoms with Gasteiger partial charge >= 0.3 is 0 Å². The van der Waals surface area contributed by atoms with Gasteiger partial charge in [0.2, 0.25) is 0 Å². The van der Waals surface area contributed by atoms with E-state index in [1.165, 1.54) is 0 Å². The number of aryl methyl sites for hydroxylation is 2. The molecule has 1 saturated heterocycles. The predicted octanol–water partition coefficient (Wildman–Crippen LogP) is 2.84. The molecule has 0 spiro atoms. The van der Waals surface area contributed by atoms with Crippen molar-refractivity contribution in [3.8, 4) is 11.4 Å². The van der Waals surface area contributed by atoms with Crippen LogP contribution in [0.2, 0.25) is 0 Å². The van der Waals surface area contributed by atoms with Crippen molar-refractivity contribution in [2.45, 2.75) is 59.2 Å². The number of fused-ring (bicyclic) bond motifs is 1. The number of anilines is 1. The minimum atomic E-state index is 0.187. The molecule has 3 aromatic rings. The van der Waals surface area contributed by atoms with Gasteiger partial charge in [-0.1, -0.05) is 0 Å². The fourth-order valence-corrected chi connectivity index (χ4v) is 4.01. The number of hydrogen-bond donors (Lipinski definition) is 1. The van der Waals surface area contributed by atoms with Crippen LogP contribution in [-0.4, -0.2) is 58.9 Å². The standard InChI is InChI=1S/C20H30N8/c1-7-28-13(2)15(10-23-28)18-25-16-17(21-12-22-19(16)26(18)6)24-14-8-9-27(11-14)20(3,4)5/h10,12,14H,7-9,11H2,1-6H3,(H,21,22,24). The molecule has 150 valence electrons. The summed E-state index contributed by atoms with van der Waals surface area (Å²) in [5, 5.41) is 8.08. The summed E-state index contributed by atoms with van der Waals surface area (Å²) in [6.07, 6.45) is 4.61. The first-order valence-corrected chi connectivity index (χ1v) is 10.0. The van der Waals surface area contributed by atoms with Crippen molar-refractivity contribution in [2.24, 2.45) is 7.05 Å². The molecule has 8 nitrogen and oxygen atoms in total. The Hall–Kier alpha value is -2.48. The van der Waals surface area contributed by atoms with Crippen LogP contribution in [0.15, 0.2) is 12.5 Å². The van der Waals surface area contributed by atoms with Crippen LogP contribution < -0.4 is 5.32 Å². The Bertz CT molecular complexity index is 994. The molecule has 0 saturated carbocycles. The van der Waals surface area contributed by atoms with E-state index in [9.17, 15) is 0 Å². The molecule has 0 bridgehead atoms. The third-order valence-corrected chi connectivity index (χ3v) is 5.78. The highest BCUT2D eigenvalue weighted by molar-refractivity contribution is 5.86. The molecule has 1 aliphatic rings. The third kappa shape index (κ3) is 3.15. The number of rotatable bonds is 4. The van der Waals surface area contributed by atoms with Gasteiger partial charge in [0.1, 0.15) is 12.2 Å². The van der Waals surface area contributed by atoms with Gasteiger partial charge < -0.3 is 9.88 Å². The zero-order valence-electron chi connectivity index (χ0n) is 17.7. The van der Waals surface area contributed by atoms with E-state index in [1.807, 2.05) is 22.5 Å². The number of nitrogens with zero attached hydrogens (tertiary/aromatic N) is 7. The summed E-state index contributed by atoms with van der Waals surface area (Å²) in [5.41, 5.74) is 3.99. The Morgan fingerprint density at radius 1 is 1.25 bits per heavy atom. The lowest BCUT2D eigenvalue weighted by Gasteiger charge is -2.31. The van der Waals surface area contributed by atoms with Crippen LogP contribution in [0.5, 0.6) is 0 Å². The summed E-state index contributed by atoms with van der Waals surface area (Å²) in [5.74, 6) is 1.69. The van der Waals surface area contributed by atoms with Crippen molar-refractivity contribution in [3.63, 3.8) is 0 Å². The predicted molar refractivity (Wildman–Crippen MR) is 111 cm³/mol. The molecule has 1 fully saturated rings. The minimum Gasteiger partial charge on any atom is -0.364 e. The van der Waals surface area contributed by atoms with Gasteiger partial charge in [-0.15, -0.1) is 0 Å². The largest absolute Gasteiger partial charge is 0.364 e. The number of hydrogen-bond acceptors (Lipinski definition) is 6. The molecule has 0 aromatic carbocycles. The number of imidazole rings is 1. The molecule has 0 aliphatic carbocycles. The van der Waals surface area contributed by atoms with Gasteiger partial charge in [0.15, 0.2) is 17.0 Å². The van der Waals surface area contributed by atoms with E-state index in [2.05, 4.69) is 59.9 Å². The maximum Gasteiger partial charge on any atom is 0.165 e. The van der Waals surface area contributed by atoms with Crippen LogP contribution in [0, 0.1) is 6.92 Å². The molecule has 4 rings (SSSR count). The van der Waals surface area contributed by atoms with Crippen LogP contribution in [0.25, 0.3) is 22.6 Å². The summed E-state index contributed by atoms with van der Waals surface area (Å²) in [4.78, 5) is 16.4. The Labute approximate surface area is 166 Å². The second-order valence-electron chi connectivity index (χ2n) is 8.60.